The van der Waals surface area contributed by atoms with Crippen LogP contribution in [0.3, 0.4) is 0 Å². The molecular weight excluding hydrogens is 162 g/mol. The van der Waals surface area contributed by atoms with Crippen molar-refractivity contribution in [2.45, 2.75) is 6.92 Å². The van der Waals surface area contributed by atoms with Crippen molar-refractivity contribution < 1.29 is 4.79 Å². The summed E-state index contributed by atoms with van der Waals surface area (Å²) in [5, 5.41) is 0.416. The van der Waals surface area contributed by atoms with Crippen LogP contribution in [-0.4, -0.2) is 17.3 Å². The highest BCUT2D eigenvalue weighted by atomic mass is 32.1. The van der Waals surface area contributed by atoms with Crippen molar-refractivity contribution in [2.75, 3.05) is 12.3 Å². The third kappa shape index (κ3) is 1.55. The standard InChI is InChI=1S/C6H9N3OS/c1-3-5(4(10)2-7)11-6(8)9-3/h2,7H2,1H3,(H2,8,9). The highest BCUT2D eigenvalue weighted by Gasteiger charge is 2.11. The summed E-state index contributed by atoms with van der Waals surface area (Å²) in [5.41, 5.74) is 11.2. The Hall–Kier alpha value is -0.940. The van der Waals surface area contributed by atoms with Crippen LogP contribution >= 0.6 is 11.3 Å². The summed E-state index contributed by atoms with van der Waals surface area (Å²) in [5.74, 6) is -0.100. The Morgan fingerprint density at radius 2 is 2.36 bits per heavy atom. The molecule has 1 rings (SSSR count). The van der Waals surface area contributed by atoms with Gasteiger partial charge in [-0.05, 0) is 6.92 Å². The lowest BCUT2D eigenvalue weighted by molar-refractivity contribution is 0.100. The third-order valence-corrected chi connectivity index (χ3v) is 2.28. The van der Waals surface area contributed by atoms with Crippen molar-refractivity contribution in [3.63, 3.8) is 0 Å². The molecule has 0 fully saturated rings. The molecule has 60 valence electrons. The number of anilines is 1. The first kappa shape index (κ1) is 8.16. The molecule has 5 heteroatoms. The second-order valence-corrected chi connectivity index (χ2v) is 3.12. The van der Waals surface area contributed by atoms with Gasteiger partial charge in [0.25, 0.3) is 0 Å². The lowest BCUT2D eigenvalue weighted by Gasteiger charge is -1.90. The molecule has 0 spiro atoms. The molecule has 0 aliphatic rings. The molecular formula is C6H9N3OS. The Kier molecular flexibility index (Phi) is 2.21. The Morgan fingerprint density at radius 1 is 1.73 bits per heavy atom. The van der Waals surface area contributed by atoms with E-state index in [9.17, 15) is 4.79 Å². The molecule has 1 aromatic rings. The molecule has 0 aromatic carbocycles. The molecule has 11 heavy (non-hydrogen) atoms. The Labute approximate surface area is 68.2 Å². The van der Waals surface area contributed by atoms with Gasteiger partial charge in [0.05, 0.1) is 17.1 Å². The van der Waals surface area contributed by atoms with E-state index in [-0.39, 0.29) is 12.3 Å². The molecule has 0 bridgehead atoms. The SMILES string of the molecule is Cc1nc(N)sc1C(=O)CN. The van der Waals surface area contributed by atoms with E-state index in [0.29, 0.717) is 15.7 Å². The van der Waals surface area contributed by atoms with Crippen molar-refractivity contribution in [1.29, 1.82) is 0 Å². The van der Waals surface area contributed by atoms with E-state index in [0.717, 1.165) is 0 Å². The summed E-state index contributed by atoms with van der Waals surface area (Å²) in [4.78, 5) is 15.5. The van der Waals surface area contributed by atoms with E-state index in [4.69, 9.17) is 11.5 Å². The van der Waals surface area contributed by atoms with Crippen molar-refractivity contribution >= 4 is 22.3 Å². The molecule has 0 aliphatic carbocycles. The fourth-order valence-electron chi connectivity index (χ4n) is 0.769. The minimum Gasteiger partial charge on any atom is -0.375 e. The van der Waals surface area contributed by atoms with E-state index in [1.165, 1.54) is 11.3 Å². The number of hydrogen-bond donors (Lipinski definition) is 2. The zero-order valence-corrected chi connectivity index (χ0v) is 6.94. The first-order chi connectivity index (χ1) is 5.15. The van der Waals surface area contributed by atoms with Crippen molar-refractivity contribution in [3.8, 4) is 0 Å². The molecule has 0 saturated carbocycles. The predicted molar refractivity (Wildman–Crippen MR) is 44.6 cm³/mol. The Morgan fingerprint density at radius 3 is 2.73 bits per heavy atom. The molecule has 0 atom stereocenters. The van der Waals surface area contributed by atoms with E-state index < -0.39 is 0 Å². The second-order valence-electron chi connectivity index (χ2n) is 2.09. The predicted octanol–water partition coefficient (Wildman–Crippen LogP) is 0.175. The number of aromatic nitrogens is 1. The fourth-order valence-corrected chi connectivity index (χ4v) is 1.55. The summed E-state index contributed by atoms with van der Waals surface area (Å²) >= 11 is 1.18. The molecule has 0 aliphatic heterocycles. The number of carbonyl (C=O) groups excluding carboxylic acids is 1. The van der Waals surface area contributed by atoms with Crippen LogP contribution in [0.1, 0.15) is 15.4 Å². The average molecular weight is 171 g/mol. The normalized spacial score (nSPS) is 10.0. The van der Waals surface area contributed by atoms with E-state index in [2.05, 4.69) is 4.98 Å². The third-order valence-electron chi connectivity index (χ3n) is 1.25. The van der Waals surface area contributed by atoms with E-state index in [1.54, 1.807) is 6.92 Å². The quantitative estimate of drug-likeness (QED) is 0.622. The topological polar surface area (TPSA) is 82.0 Å². The number of carbonyl (C=O) groups is 1. The Bertz CT molecular complexity index is 281. The summed E-state index contributed by atoms with van der Waals surface area (Å²) in [7, 11) is 0. The van der Waals surface area contributed by atoms with Crippen molar-refractivity contribution in [3.05, 3.63) is 10.6 Å². The zero-order valence-electron chi connectivity index (χ0n) is 6.13. The number of rotatable bonds is 2. The molecule has 0 saturated heterocycles. The van der Waals surface area contributed by atoms with Crippen molar-refractivity contribution in [2.24, 2.45) is 5.73 Å². The van der Waals surface area contributed by atoms with Crippen LogP contribution in [0, 0.1) is 6.92 Å². The highest BCUT2D eigenvalue weighted by Crippen LogP contribution is 2.19. The van der Waals surface area contributed by atoms with Gasteiger partial charge < -0.3 is 11.5 Å². The van der Waals surface area contributed by atoms with Gasteiger partial charge in [0.2, 0.25) is 0 Å². The van der Waals surface area contributed by atoms with Crippen LogP contribution in [0.25, 0.3) is 0 Å². The monoisotopic (exact) mass is 171 g/mol. The van der Waals surface area contributed by atoms with E-state index in [1.807, 2.05) is 0 Å². The lowest BCUT2D eigenvalue weighted by atomic mass is 10.3. The van der Waals surface area contributed by atoms with Gasteiger partial charge in [0, 0.05) is 0 Å². The van der Waals surface area contributed by atoms with Crippen molar-refractivity contribution in [1.82, 2.24) is 4.98 Å². The fraction of sp³-hybridized carbons (Fsp3) is 0.333. The van der Waals surface area contributed by atoms with Crippen LogP contribution in [0.4, 0.5) is 5.13 Å². The van der Waals surface area contributed by atoms with Crippen LogP contribution < -0.4 is 11.5 Å². The van der Waals surface area contributed by atoms with Gasteiger partial charge in [0.15, 0.2) is 10.9 Å². The van der Waals surface area contributed by atoms with Crippen LogP contribution in [0.15, 0.2) is 0 Å². The number of nitrogen functional groups attached to an aromatic ring is 1. The van der Waals surface area contributed by atoms with Crippen LogP contribution in [0.2, 0.25) is 0 Å². The van der Waals surface area contributed by atoms with Gasteiger partial charge >= 0.3 is 0 Å². The van der Waals surface area contributed by atoms with Gasteiger partial charge in [-0.2, -0.15) is 0 Å². The van der Waals surface area contributed by atoms with Gasteiger partial charge in [-0.25, -0.2) is 4.98 Å². The summed E-state index contributed by atoms with van der Waals surface area (Å²) in [6.45, 7) is 1.76. The second kappa shape index (κ2) is 2.98. The van der Waals surface area contributed by atoms with Crippen LogP contribution in [-0.2, 0) is 0 Å². The highest BCUT2D eigenvalue weighted by molar-refractivity contribution is 7.17. The molecule has 0 radical (unpaired) electrons. The molecule has 0 unspecified atom stereocenters. The van der Waals surface area contributed by atoms with E-state index >= 15 is 0 Å². The number of nitrogens with two attached hydrogens (primary N) is 2. The summed E-state index contributed by atoms with van der Waals surface area (Å²) < 4.78 is 0. The molecule has 4 nitrogen and oxygen atoms in total. The molecule has 0 amide bonds. The molecule has 1 aromatic heterocycles. The zero-order chi connectivity index (χ0) is 8.43. The number of aryl methyl sites for hydroxylation is 1. The number of thiazole rings is 1. The first-order valence-electron chi connectivity index (χ1n) is 3.11. The largest absolute Gasteiger partial charge is 0.375 e. The van der Waals surface area contributed by atoms with Gasteiger partial charge in [-0.3, -0.25) is 4.79 Å². The number of ketones is 1. The number of Topliss-reactive ketones (excluding diaryl/α,β-unsaturated/α-hetero) is 1. The number of hydrogen-bond acceptors (Lipinski definition) is 5. The molecule has 1 heterocycles. The Balaban J connectivity index is 3.03. The lowest BCUT2D eigenvalue weighted by Crippen LogP contribution is -2.13. The smallest absolute Gasteiger partial charge is 0.188 e. The van der Waals surface area contributed by atoms with Gasteiger partial charge in [-0.1, -0.05) is 11.3 Å². The van der Waals surface area contributed by atoms with Crippen LogP contribution in [0.5, 0.6) is 0 Å². The minimum absolute atomic E-state index is 0.0163. The maximum Gasteiger partial charge on any atom is 0.188 e. The maximum atomic E-state index is 11.0. The number of nitrogens with zero attached hydrogens (tertiary/aromatic N) is 1. The van der Waals surface area contributed by atoms with Gasteiger partial charge in [-0.15, -0.1) is 0 Å². The average Bonchev–Trinajstić information content (AvgIpc) is 2.28. The summed E-state index contributed by atoms with van der Waals surface area (Å²) in [6, 6.07) is 0. The summed E-state index contributed by atoms with van der Waals surface area (Å²) in [6.07, 6.45) is 0. The van der Waals surface area contributed by atoms with Gasteiger partial charge in [0.1, 0.15) is 0 Å². The molecule has 4 N–H and O–H groups in total. The minimum atomic E-state index is -0.100. The first-order valence-corrected chi connectivity index (χ1v) is 3.93. The maximum absolute atomic E-state index is 11.0.